The molecule has 1 aliphatic heterocycles. The number of nitrogens with two attached hydrogens (primary N) is 1. The summed E-state index contributed by atoms with van der Waals surface area (Å²) in [6.45, 7) is 2.04. The van der Waals surface area contributed by atoms with E-state index < -0.39 is 6.09 Å². The second-order valence-corrected chi connectivity index (χ2v) is 4.47. The summed E-state index contributed by atoms with van der Waals surface area (Å²) in [6.07, 6.45) is 0.643. The third-order valence-electron chi connectivity index (χ3n) is 2.60. The van der Waals surface area contributed by atoms with Gasteiger partial charge in [0.1, 0.15) is 4.60 Å². The lowest BCUT2D eigenvalue weighted by Gasteiger charge is -2.34. The molecule has 0 radical (unpaired) electrons. The molecule has 0 saturated carbocycles. The van der Waals surface area contributed by atoms with Gasteiger partial charge < -0.3 is 20.6 Å². The van der Waals surface area contributed by atoms with Crippen molar-refractivity contribution < 1.29 is 9.90 Å². The van der Waals surface area contributed by atoms with E-state index in [1.54, 1.807) is 0 Å². The van der Waals surface area contributed by atoms with E-state index in [1.165, 1.54) is 11.1 Å². The van der Waals surface area contributed by atoms with E-state index >= 15 is 0 Å². The maximum Gasteiger partial charge on any atom is 0.407 e. The largest absolute Gasteiger partial charge is 0.465 e. The van der Waals surface area contributed by atoms with Gasteiger partial charge in [-0.1, -0.05) is 0 Å². The highest BCUT2D eigenvalue weighted by atomic mass is 79.9. The summed E-state index contributed by atoms with van der Waals surface area (Å²) >= 11 is 3.24. The number of rotatable bonds is 1. The molecule has 0 aliphatic carbocycles. The van der Waals surface area contributed by atoms with Crippen LogP contribution in [0, 0.1) is 0 Å². The molecule has 7 nitrogen and oxygen atoms in total. The van der Waals surface area contributed by atoms with E-state index in [4.69, 9.17) is 10.8 Å². The Morgan fingerprint density at radius 2 is 2.06 bits per heavy atom. The molecule has 1 saturated heterocycles. The van der Waals surface area contributed by atoms with Gasteiger partial charge in [-0.05, 0) is 15.9 Å². The van der Waals surface area contributed by atoms with Crippen LogP contribution in [0.1, 0.15) is 0 Å². The van der Waals surface area contributed by atoms with Crippen LogP contribution in [-0.4, -0.2) is 52.2 Å². The minimum absolute atomic E-state index is 0.358. The van der Waals surface area contributed by atoms with Crippen molar-refractivity contribution in [2.24, 2.45) is 0 Å². The quantitative estimate of drug-likeness (QED) is 0.789. The molecule has 17 heavy (non-hydrogen) atoms. The normalized spacial score (nSPS) is 16.1. The van der Waals surface area contributed by atoms with Gasteiger partial charge in [0.15, 0.2) is 11.6 Å². The van der Waals surface area contributed by atoms with Crippen molar-refractivity contribution in [3.8, 4) is 0 Å². The maximum absolute atomic E-state index is 10.8. The Morgan fingerprint density at radius 3 is 2.65 bits per heavy atom. The second kappa shape index (κ2) is 4.74. The molecule has 0 aromatic carbocycles. The molecule has 2 heterocycles. The monoisotopic (exact) mass is 301 g/mol. The zero-order valence-corrected chi connectivity index (χ0v) is 10.6. The molecule has 0 unspecified atom stereocenters. The zero-order valence-electron chi connectivity index (χ0n) is 9.01. The molecule has 92 valence electrons. The number of piperazine rings is 1. The van der Waals surface area contributed by atoms with Gasteiger partial charge >= 0.3 is 6.09 Å². The second-order valence-electron chi connectivity index (χ2n) is 3.66. The van der Waals surface area contributed by atoms with E-state index in [9.17, 15) is 4.79 Å². The SMILES string of the molecule is Nc1ncc(Br)nc1N1CCN(C(=O)O)CC1. The minimum Gasteiger partial charge on any atom is -0.465 e. The fourth-order valence-corrected chi connectivity index (χ4v) is 1.98. The van der Waals surface area contributed by atoms with Crippen LogP contribution in [0.3, 0.4) is 0 Å². The van der Waals surface area contributed by atoms with Gasteiger partial charge in [0, 0.05) is 26.2 Å². The first-order chi connectivity index (χ1) is 8.08. The van der Waals surface area contributed by atoms with Gasteiger partial charge in [0.05, 0.1) is 6.20 Å². The highest BCUT2D eigenvalue weighted by Gasteiger charge is 2.22. The van der Waals surface area contributed by atoms with Crippen molar-refractivity contribution >= 4 is 33.7 Å². The summed E-state index contributed by atoms with van der Waals surface area (Å²) in [7, 11) is 0. The predicted octanol–water partition coefficient (Wildman–Crippen LogP) is 0.621. The van der Waals surface area contributed by atoms with Crippen LogP contribution in [0.5, 0.6) is 0 Å². The van der Waals surface area contributed by atoms with Crippen LogP contribution in [-0.2, 0) is 0 Å². The predicted molar refractivity (Wildman–Crippen MR) is 66.0 cm³/mol. The van der Waals surface area contributed by atoms with Crippen molar-refractivity contribution in [1.29, 1.82) is 0 Å². The lowest BCUT2D eigenvalue weighted by Crippen LogP contribution is -2.48. The Hall–Kier alpha value is -1.57. The highest BCUT2D eigenvalue weighted by Crippen LogP contribution is 2.21. The maximum atomic E-state index is 10.8. The van der Waals surface area contributed by atoms with E-state index in [0.29, 0.717) is 42.4 Å². The summed E-state index contributed by atoms with van der Waals surface area (Å²) in [5, 5.41) is 8.84. The number of nitrogens with zero attached hydrogens (tertiary/aromatic N) is 4. The third kappa shape index (κ3) is 2.57. The number of halogens is 1. The molecule has 0 spiro atoms. The number of aromatic nitrogens is 2. The molecule has 1 aromatic heterocycles. The summed E-state index contributed by atoms with van der Waals surface area (Å²) in [4.78, 5) is 22.3. The standard InChI is InChI=1S/C9H12BrN5O2/c10-6-5-12-7(11)8(13-6)14-1-3-15(4-2-14)9(16)17/h5H,1-4H2,(H2,11,12)(H,16,17). The molecule has 1 fully saturated rings. The van der Waals surface area contributed by atoms with Gasteiger partial charge in [-0.15, -0.1) is 0 Å². The number of hydrogen-bond acceptors (Lipinski definition) is 5. The lowest BCUT2D eigenvalue weighted by atomic mass is 10.3. The van der Waals surface area contributed by atoms with Gasteiger partial charge in [-0.2, -0.15) is 0 Å². The van der Waals surface area contributed by atoms with Crippen molar-refractivity contribution in [2.45, 2.75) is 0 Å². The number of anilines is 2. The van der Waals surface area contributed by atoms with Crippen LogP contribution >= 0.6 is 15.9 Å². The average molecular weight is 302 g/mol. The fraction of sp³-hybridized carbons (Fsp3) is 0.444. The molecule has 2 rings (SSSR count). The smallest absolute Gasteiger partial charge is 0.407 e. The molecule has 0 bridgehead atoms. The Kier molecular flexibility index (Phi) is 3.32. The molecular weight excluding hydrogens is 290 g/mol. The van der Waals surface area contributed by atoms with Crippen LogP contribution in [0.15, 0.2) is 10.8 Å². The summed E-state index contributed by atoms with van der Waals surface area (Å²) < 4.78 is 0.613. The van der Waals surface area contributed by atoms with Crippen LogP contribution in [0.4, 0.5) is 16.4 Å². The van der Waals surface area contributed by atoms with E-state index in [0.717, 1.165) is 0 Å². The third-order valence-corrected chi connectivity index (χ3v) is 2.98. The molecular formula is C9H12BrN5O2. The van der Waals surface area contributed by atoms with E-state index in [1.807, 2.05) is 4.90 Å². The lowest BCUT2D eigenvalue weighted by molar-refractivity contribution is 0.142. The Labute approximate surface area is 106 Å². The van der Waals surface area contributed by atoms with Crippen LogP contribution in [0.2, 0.25) is 0 Å². The molecule has 8 heteroatoms. The zero-order chi connectivity index (χ0) is 12.4. The highest BCUT2D eigenvalue weighted by molar-refractivity contribution is 9.10. The number of hydrogen-bond donors (Lipinski definition) is 2. The number of amides is 1. The summed E-state index contributed by atoms with van der Waals surface area (Å²) in [6, 6.07) is 0. The van der Waals surface area contributed by atoms with Gasteiger partial charge in [-0.25, -0.2) is 14.8 Å². The molecule has 1 aliphatic rings. The summed E-state index contributed by atoms with van der Waals surface area (Å²) in [5.74, 6) is 0.960. The first-order valence-electron chi connectivity index (χ1n) is 5.09. The number of nitrogen functional groups attached to an aromatic ring is 1. The number of carboxylic acid groups (broad SMARTS) is 1. The van der Waals surface area contributed by atoms with Gasteiger partial charge in [0.25, 0.3) is 0 Å². The van der Waals surface area contributed by atoms with E-state index in [2.05, 4.69) is 25.9 Å². The first-order valence-corrected chi connectivity index (χ1v) is 5.88. The topological polar surface area (TPSA) is 95.6 Å². The molecule has 0 atom stereocenters. The van der Waals surface area contributed by atoms with Gasteiger partial charge in [0.2, 0.25) is 0 Å². The Balaban J connectivity index is 2.10. The fourth-order valence-electron chi connectivity index (χ4n) is 1.71. The molecule has 3 N–H and O–H groups in total. The summed E-state index contributed by atoms with van der Waals surface area (Å²) in [5.41, 5.74) is 5.75. The first kappa shape index (κ1) is 11.9. The van der Waals surface area contributed by atoms with Crippen molar-refractivity contribution in [3.05, 3.63) is 10.8 Å². The van der Waals surface area contributed by atoms with Crippen LogP contribution in [0.25, 0.3) is 0 Å². The minimum atomic E-state index is -0.891. The van der Waals surface area contributed by atoms with Crippen molar-refractivity contribution in [2.75, 3.05) is 36.8 Å². The molecule has 1 aromatic rings. The Morgan fingerprint density at radius 1 is 1.41 bits per heavy atom. The van der Waals surface area contributed by atoms with Gasteiger partial charge in [-0.3, -0.25) is 0 Å². The number of carbonyl (C=O) groups is 1. The van der Waals surface area contributed by atoms with Crippen molar-refractivity contribution in [1.82, 2.24) is 14.9 Å². The average Bonchev–Trinajstić information content (AvgIpc) is 2.32. The Bertz CT molecular complexity index is 433. The van der Waals surface area contributed by atoms with Crippen LogP contribution < -0.4 is 10.6 Å². The molecule has 1 amide bonds. The van der Waals surface area contributed by atoms with Crippen molar-refractivity contribution in [3.63, 3.8) is 0 Å². The van der Waals surface area contributed by atoms with E-state index in [-0.39, 0.29) is 0 Å².